The molecule has 2 amide bonds. The number of carbonyl (C=O) groups is 2. The molecule has 3 nitrogen and oxygen atoms in total. The highest BCUT2D eigenvalue weighted by Gasteiger charge is 2.41. The van der Waals surface area contributed by atoms with Crippen LogP contribution in [0.1, 0.15) is 27.6 Å². The van der Waals surface area contributed by atoms with Gasteiger partial charge >= 0.3 is 0 Å². The van der Waals surface area contributed by atoms with E-state index in [-0.39, 0.29) is 23.8 Å². The molecule has 1 aliphatic carbocycles. The molecule has 0 saturated heterocycles. The van der Waals surface area contributed by atoms with E-state index >= 15 is 0 Å². The molecule has 1 atom stereocenters. The molecule has 0 saturated carbocycles. The topological polar surface area (TPSA) is 37.4 Å². The van der Waals surface area contributed by atoms with Crippen molar-refractivity contribution in [2.75, 3.05) is 0 Å². The summed E-state index contributed by atoms with van der Waals surface area (Å²) in [5, 5.41) is 1.84. The second-order valence-electron chi connectivity index (χ2n) is 5.78. The van der Waals surface area contributed by atoms with Gasteiger partial charge < -0.3 is 0 Å². The zero-order valence-electron chi connectivity index (χ0n) is 12.2. The highest BCUT2D eigenvalue weighted by atomic mass is 16.2. The molecule has 0 fully saturated rings. The Kier molecular flexibility index (Phi) is 2.76. The van der Waals surface area contributed by atoms with Gasteiger partial charge in [0, 0.05) is 12.0 Å². The number of fused-ring (bicyclic) bond motifs is 3. The maximum atomic E-state index is 12.9. The normalized spacial score (nSPS) is 18.5. The van der Waals surface area contributed by atoms with Gasteiger partial charge in [0.25, 0.3) is 11.8 Å². The summed E-state index contributed by atoms with van der Waals surface area (Å²) >= 11 is 0. The van der Waals surface area contributed by atoms with E-state index in [1.165, 1.54) is 4.90 Å². The minimum absolute atomic E-state index is 0.0912. The average Bonchev–Trinajstić information content (AvgIpc) is 3.15. The van der Waals surface area contributed by atoms with Gasteiger partial charge in [-0.1, -0.05) is 54.6 Å². The highest BCUT2D eigenvalue weighted by molar-refractivity contribution is 6.26. The fourth-order valence-corrected chi connectivity index (χ4v) is 3.34. The molecule has 1 unspecified atom stereocenters. The van der Waals surface area contributed by atoms with Crippen molar-refractivity contribution in [3.8, 4) is 0 Å². The van der Waals surface area contributed by atoms with Crippen LogP contribution in [-0.4, -0.2) is 22.8 Å². The molecule has 1 aliphatic heterocycles. The Morgan fingerprint density at radius 1 is 0.955 bits per heavy atom. The first-order valence-corrected chi connectivity index (χ1v) is 7.43. The van der Waals surface area contributed by atoms with Crippen molar-refractivity contribution in [1.82, 2.24) is 4.90 Å². The molecular weight excluding hydrogens is 274 g/mol. The Hall–Kier alpha value is -2.68. The van der Waals surface area contributed by atoms with E-state index in [9.17, 15) is 9.59 Å². The molecule has 4 rings (SSSR count). The van der Waals surface area contributed by atoms with E-state index < -0.39 is 0 Å². The summed E-state index contributed by atoms with van der Waals surface area (Å²) in [4.78, 5) is 27.0. The maximum Gasteiger partial charge on any atom is 0.262 e. The third kappa shape index (κ3) is 1.69. The predicted octanol–water partition coefficient (Wildman–Crippen LogP) is 3.57. The van der Waals surface area contributed by atoms with Gasteiger partial charge in [-0.05, 0) is 23.8 Å². The molecule has 108 valence electrons. The largest absolute Gasteiger partial charge is 0.271 e. The lowest BCUT2D eigenvalue weighted by Crippen LogP contribution is -2.41. The molecule has 3 heteroatoms. The second kappa shape index (κ2) is 4.67. The number of hydrogen-bond acceptors (Lipinski definition) is 2. The first kappa shape index (κ1) is 13.0. The molecule has 2 aromatic carbocycles. The third-order valence-corrected chi connectivity index (χ3v) is 4.55. The first-order chi connectivity index (χ1) is 10.7. The summed E-state index contributed by atoms with van der Waals surface area (Å²) in [6, 6.07) is 11.2. The molecular formula is C19H15NO2. The van der Waals surface area contributed by atoms with Crippen molar-refractivity contribution in [1.29, 1.82) is 0 Å². The van der Waals surface area contributed by atoms with Gasteiger partial charge in [-0.15, -0.1) is 0 Å². The Labute approximate surface area is 128 Å². The quantitative estimate of drug-likeness (QED) is 0.793. The van der Waals surface area contributed by atoms with E-state index in [0.717, 1.165) is 10.8 Å². The monoisotopic (exact) mass is 289 g/mol. The van der Waals surface area contributed by atoms with Crippen molar-refractivity contribution in [2.45, 2.75) is 13.0 Å². The van der Waals surface area contributed by atoms with Gasteiger partial charge in [-0.25, -0.2) is 0 Å². The minimum atomic E-state index is -0.188. The van der Waals surface area contributed by atoms with Crippen LogP contribution in [0, 0.1) is 5.92 Å². The van der Waals surface area contributed by atoms with Crippen LogP contribution in [-0.2, 0) is 0 Å². The van der Waals surface area contributed by atoms with Gasteiger partial charge in [-0.2, -0.15) is 0 Å². The first-order valence-electron chi connectivity index (χ1n) is 7.43. The van der Waals surface area contributed by atoms with Gasteiger partial charge in [-0.3, -0.25) is 14.5 Å². The Morgan fingerprint density at radius 3 is 2.45 bits per heavy atom. The van der Waals surface area contributed by atoms with Gasteiger partial charge in [0.15, 0.2) is 0 Å². The molecule has 0 aromatic heterocycles. The second-order valence-corrected chi connectivity index (χ2v) is 5.78. The summed E-state index contributed by atoms with van der Waals surface area (Å²) < 4.78 is 0. The average molecular weight is 289 g/mol. The lowest BCUT2D eigenvalue weighted by atomic mass is 10.0. The van der Waals surface area contributed by atoms with Gasteiger partial charge in [0.05, 0.1) is 11.1 Å². The standard InChI is InChI=1S/C19H15NO2/c1-12(13-6-2-3-7-13)20-18(21)16-11-10-14-8-4-5-9-15(14)17(16)19(20)22/h2-13H,1H3. The number of benzene rings is 2. The number of amides is 2. The molecule has 22 heavy (non-hydrogen) atoms. The minimum Gasteiger partial charge on any atom is -0.271 e. The number of carbonyl (C=O) groups excluding carboxylic acids is 2. The van der Waals surface area contributed by atoms with Crippen molar-refractivity contribution >= 4 is 22.6 Å². The van der Waals surface area contributed by atoms with Crippen LogP contribution in [0.25, 0.3) is 10.8 Å². The van der Waals surface area contributed by atoms with Gasteiger partial charge in [0.1, 0.15) is 0 Å². The van der Waals surface area contributed by atoms with E-state index in [2.05, 4.69) is 0 Å². The number of hydrogen-bond donors (Lipinski definition) is 0. The zero-order chi connectivity index (χ0) is 15.3. The van der Waals surface area contributed by atoms with Crippen molar-refractivity contribution in [3.05, 3.63) is 71.8 Å². The molecule has 0 bridgehead atoms. The van der Waals surface area contributed by atoms with E-state index in [1.807, 2.05) is 61.6 Å². The van der Waals surface area contributed by atoms with Crippen LogP contribution in [0.3, 0.4) is 0 Å². The summed E-state index contributed by atoms with van der Waals surface area (Å²) in [6.45, 7) is 1.93. The highest BCUT2D eigenvalue weighted by Crippen LogP contribution is 2.33. The lowest BCUT2D eigenvalue weighted by Gasteiger charge is -2.25. The van der Waals surface area contributed by atoms with Crippen LogP contribution in [0.2, 0.25) is 0 Å². The van der Waals surface area contributed by atoms with Crippen molar-refractivity contribution in [3.63, 3.8) is 0 Å². The Bertz CT molecular complexity index is 851. The van der Waals surface area contributed by atoms with E-state index in [0.29, 0.717) is 11.1 Å². The smallest absolute Gasteiger partial charge is 0.262 e. The Balaban J connectivity index is 1.84. The van der Waals surface area contributed by atoms with Crippen molar-refractivity contribution < 1.29 is 9.59 Å². The van der Waals surface area contributed by atoms with Crippen LogP contribution >= 0.6 is 0 Å². The zero-order valence-corrected chi connectivity index (χ0v) is 12.2. The molecule has 1 heterocycles. The van der Waals surface area contributed by atoms with Crippen LogP contribution in [0.5, 0.6) is 0 Å². The number of imide groups is 1. The molecule has 0 spiro atoms. The SMILES string of the molecule is CC(C1C=CC=C1)N1C(=O)c2ccc3ccccc3c2C1=O. The van der Waals surface area contributed by atoms with E-state index in [1.54, 1.807) is 6.07 Å². The molecule has 2 aliphatic rings. The summed E-state index contributed by atoms with van der Waals surface area (Å²) in [7, 11) is 0. The third-order valence-electron chi connectivity index (χ3n) is 4.55. The summed E-state index contributed by atoms with van der Waals surface area (Å²) in [5.41, 5.74) is 1.06. The Morgan fingerprint density at radius 2 is 1.68 bits per heavy atom. The molecule has 0 N–H and O–H groups in total. The maximum absolute atomic E-state index is 12.9. The molecule has 2 aromatic rings. The van der Waals surface area contributed by atoms with Crippen molar-refractivity contribution in [2.24, 2.45) is 5.92 Å². The number of allylic oxidation sites excluding steroid dienone is 2. The van der Waals surface area contributed by atoms with Crippen LogP contribution in [0.4, 0.5) is 0 Å². The number of nitrogens with zero attached hydrogens (tertiary/aromatic N) is 1. The molecule has 0 radical (unpaired) electrons. The van der Waals surface area contributed by atoms with Crippen LogP contribution < -0.4 is 0 Å². The lowest BCUT2D eigenvalue weighted by molar-refractivity contribution is 0.0579. The van der Waals surface area contributed by atoms with Gasteiger partial charge in [0.2, 0.25) is 0 Å². The predicted molar refractivity (Wildman–Crippen MR) is 85.7 cm³/mol. The summed E-state index contributed by atoms with van der Waals surface area (Å²) in [5.74, 6) is -0.279. The summed E-state index contributed by atoms with van der Waals surface area (Å²) in [6.07, 6.45) is 7.95. The fraction of sp³-hybridized carbons (Fsp3) is 0.158. The van der Waals surface area contributed by atoms with E-state index in [4.69, 9.17) is 0 Å². The fourth-order valence-electron chi connectivity index (χ4n) is 3.34. The van der Waals surface area contributed by atoms with Crippen LogP contribution in [0.15, 0.2) is 60.7 Å². The number of rotatable bonds is 2.